The Balaban J connectivity index is 1.40. The number of carbonyl (C=O) groups excluding carboxylic acids is 1. The van der Waals surface area contributed by atoms with E-state index in [9.17, 15) is 4.79 Å². The quantitative estimate of drug-likeness (QED) is 0.280. The maximum atomic E-state index is 12.8. The summed E-state index contributed by atoms with van der Waals surface area (Å²) in [5.41, 5.74) is 6.60. The Bertz CT molecular complexity index is 1310. The maximum Gasteiger partial charge on any atom is 0.225 e. The van der Waals surface area contributed by atoms with E-state index >= 15 is 0 Å². The van der Waals surface area contributed by atoms with Crippen molar-refractivity contribution in [2.24, 2.45) is 0 Å². The maximum absolute atomic E-state index is 12.8. The molecule has 0 saturated carbocycles. The number of carbonyl (C=O) groups is 1. The van der Waals surface area contributed by atoms with Gasteiger partial charge in [0, 0.05) is 6.54 Å². The lowest BCUT2D eigenvalue weighted by Crippen LogP contribution is -2.30. The van der Waals surface area contributed by atoms with Gasteiger partial charge < -0.3 is 14.6 Å². The molecule has 0 aliphatic heterocycles. The fourth-order valence-corrected chi connectivity index (χ4v) is 4.42. The topological polar surface area (TPSA) is 56.1 Å². The minimum atomic E-state index is -0.190. The summed E-state index contributed by atoms with van der Waals surface area (Å²) in [6.07, 6.45) is 2.27. The van der Waals surface area contributed by atoms with Crippen molar-refractivity contribution in [2.75, 3.05) is 6.61 Å². The summed E-state index contributed by atoms with van der Waals surface area (Å²) < 4.78 is 8.28. The van der Waals surface area contributed by atoms with Crippen molar-refractivity contribution >= 4 is 16.9 Å². The van der Waals surface area contributed by atoms with Gasteiger partial charge in [0.05, 0.1) is 30.1 Å². The Morgan fingerprint density at radius 1 is 0.971 bits per heavy atom. The summed E-state index contributed by atoms with van der Waals surface area (Å²) in [5.74, 6) is 1.86. The molecule has 0 fully saturated rings. The Morgan fingerprint density at radius 2 is 1.74 bits per heavy atom. The van der Waals surface area contributed by atoms with Crippen molar-refractivity contribution < 1.29 is 9.53 Å². The van der Waals surface area contributed by atoms with Gasteiger partial charge in [-0.15, -0.1) is 0 Å². The molecular formula is C30H35N3O2. The smallest absolute Gasteiger partial charge is 0.225 e. The minimum absolute atomic E-state index is 0.00679. The van der Waals surface area contributed by atoms with E-state index in [0.717, 1.165) is 58.7 Å². The highest BCUT2D eigenvalue weighted by Crippen LogP contribution is 2.23. The number of unbranched alkanes of at least 4 members (excludes halogenated alkanes) is 1. The summed E-state index contributed by atoms with van der Waals surface area (Å²) >= 11 is 0. The van der Waals surface area contributed by atoms with Crippen LogP contribution in [-0.4, -0.2) is 22.1 Å². The Morgan fingerprint density at radius 3 is 2.57 bits per heavy atom. The van der Waals surface area contributed by atoms with Crippen LogP contribution >= 0.6 is 0 Å². The van der Waals surface area contributed by atoms with Crippen LogP contribution in [0.1, 0.15) is 53.9 Å². The lowest BCUT2D eigenvalue weighted by Gasteiger charge is -2.17. The van der Waals surface area contributed by atoms with E-state index in [4.69, 9.17) is 9.72 Å². The zero-order valence-corrected chi connectivity index (χ0v) is 21.2. The molecule has 182 valence electrons. The fourth-order valence-electron chi connectivity index (χ4n) is 4.42. The highest BCUT2D eigenvalue weighted by molar-refractivity contribution is 5.80. The largest absolute Gasteiger partial charge is 0.493 e. The van der Waals surface area contributed by atoms with E-state index in [2.05, 4.69) is 48.0 Å². The highest BCUT2D eigenvalue weighted by Gasteiger charge is 2.18. The minimum Gasteiger partial charge on any atom is -0.493 e. The number of amides is 1. The lowest BCUT2D eigenvalue weighted by molar-refractivity contribution is -0.121. The van der Waals surface area contributed by atoms with E-state index < -0.39 is 0 Å². The second-order valence-corrected chi connectivity index (χ2v) is 9.33. The molecule has 1 aromatic heterocycles. The third kappa shape index (κ3) is 6.10. The van der Waals surface area contributed by atoms with Gasteiger partial charge in [-0.3, -0.25) is 4.79 Å². The number of aromatic nitrogens is 2. The first-order chi connectivity index (χ1) is 16.9. The number of aryl methyl sites for hydroxylation is 4. The van der Waals surface area contributed by atoms with E-state index in [1.54, 1.807) is 0 Å². The van der Waals surface area contributed by atoms with Crippen LogP contribution in [0.15, 0.2) is 66.7 Å². The van der Waals surface area contributed by atoms with Crippen LogP contribution in [-0.2, 0) is 17.8 Å². The lowest BCUT2D eigenvalue weighted by atomic mass is 10.1. The number of ether oxygens (including phenoxy) is 1. The number of hydrogen-bond acceptors (Lipinski definition) is 3. The molecule has 4 rings (SSSR count). The molecule has 0 aliphatic carbocycles. The second-order valence-electron chi connectivity index (χ2n) is 9.33. The molecule has 1 atom stereocenters. The number of hydrogen-bond donors (Lipinski definition) is 1. The third-order valence-electron chi connectivity index (χ3n) is 6.44. The predicted molar refractivity (Wildman–Crippen MR) is 142 cm³/mol. The molecule has 0 radical (unpaired) electrons. The van der Waals surface area contributed by atoms with E-state index in [1.807, 2.05) is 56.3 Å². The Kier molecular flexibility index (Phi) is 7.86. The summed E-state index contributed by atoms with van der Waals surface area (Å²) in [6, 6.07) is 22.3. The van der Waals surface area contributed by atoms with Crippen LogP contribution < -0.4 is 10.1 Å². The highest BCUT2D eigenvalue weighted by atomic mass is 16.5. The van der Waals surface area contributed by atoms with Crippen molar-refractivity contribution in [3.05, 3.63) is 94.8 Å². The second kappa shape index (κ2) is 11.2. The number of nitrogens with one attached hydrogen (secondary N) is 1. The summed E-state index contributed by atoms with van der Waals surface area (Å²) in [6.45, 7) is 9.71. The van der Waals surface area contributed by atoms with Gasteiger partial charge in [0.1, 0.15) is 11.6 Å². The van der Waals surface area contributed by atoms with Crippen LogP contribution in [0, 0.1) is 20.8 Å². The first-order valence-electron chi connectivity index (χ1n) is 12.4. The molecule has 1 heterocycles. The SMILES string of the molecule is Cc1ccc(C)c(OCCCCn2c(C(C)NC(=O)Cc3ccccc3C)nc3ccccc32)c1. The molecule has 3 aromatic carbocycles. The summed E-state index contributed by atoms with van der Waals surface area (Å²) in [5, 5.41) is 3.16. The van der Waals surface area contributed by atoms with Gasteiger partial charge in [-0.05, 0) is 81.0 Å². The van der Waals surface area contributed by atoms with Crippen molar-refractivity contribution in [3.8, 4) is 5.75 Å². The molecule has 1 unspecified atom stereocenters. The van der Waals surface area contributed by atoms with E-state index in [1.165, 1.54) is 5.56 Å². The first-order valence-corrected chi connectivity index (χ1v) is 12.4. The molecule has 4 aromatic rings. The number of imidazole rings is 1. The average molecular weight is 470 g/mol. The van der Waals surface area contributed by atoms with Gasteiger partial charge >= 0.3 is 0 Å². The van der Waals surface area contributed by atoms with Gasteiger partial charge in [0.2, 0.25) is 5.91 Å². The van der Waals surface area contributed by atoms with Crippen LogP contribution in [0.25, 0.3) is 11.0 Å². The average Bonchev–Trinajstić information content (AvgIpc) is 3.21. The van der Waals surface area contributed by atoms with Crippen LogP contribution in [0.2, 0.25) is 0 Å². The van der Waals surface area contributed by atoms with Gasteiger partial charge in [0.25, 0.3) is 0 Å². The number of para-hydroxylation sites is 2. The third-order valence-corrected chi connectivity index (χ3v) is 6.44. The predicted octanol–water partition coefficient (Wildman–Crippen LogP) is 6.24. The monoisotopic (exact) mass is 469 g/mol. The normalized spacial score (nSPS) is 12.0. The van der Waals surface area contributed by atoms with Gasteiger partial charge in [-0.1, -0.05) is 48.5 Å². The standard InChI is InChI=1S/C30H35N3O2/c1-21-15-16-23(3)28(19-21)35-18-10-9-17-33-27-14-8-7-13-26(27)32-30(33)24(4)31-29(34)20-25-12-6-5-11-22(25)2/h5-8,11-16,19,24H,9-10,17-18,20H2,1-4H3,(H,31,34). The van der Waals surface area contributed by atoms with Gasteiger partial charge in [0.15, 0.2) is 0 Å². The first kappa shape index (κ1) is 24.5. The van der Waals surface area contributed by atoms with Crippen LogP contribution in [0.5, 0.6) is 5.75 Å². The summed E-state index contributed by atoms with van der Waals surface area (Å²) in [7, 11) is 0. The van der Waals surface area contributed by atoms with Crippen LogP contribution in [0.3, 0.4) is 0 Å². The van der Waals surface area contributed by atoms with Crippen molar-refractivity contribution in [3.63, 3.8) is 0 Å². The van der Waals surface area contributed by atoms with Crippen molar-refractivity contribution in [2.45, 2.75) is 59.5 Å². The Labute approximate surface area is 208 Å². The summed E-state index contributed by atoms with van der Waals surface area (Å²) in [4.78, 5) is 17.7. The zero-order valence-electron chi connectivity index (χ0n) is 21.2. The van der Waals surface area contributed by atoms with E-state index in [0.29, 0.717) is 13.0 Å². The van der Waals surface area contributed by atoms with Crippen molar-refractivity contribution in [1.82, 2.24) is 14.9 Å². The van der Waals surface area contributed by atoms with E-state index in [-0.39, 0.29) is 11.9 Å². The Hall–Kier alpha value is -3.60. The molecule has 5 heteroatoms. The number of benzene rings is 3. The molecule has 0 saturated heterocycles. The van der Waals surface area contributed by atoms with Crippen LogP contribution in [0.4, 0.5) is 0 Å². The molecule has 5 nitrogen and oxygen atoms in total. The molecule has 0 aliphatic rings. The fraction of sp³-hybridized carbons (Fsp3) is 0.333. The number of rotatable bonds is 10. The molecule has 0 spiro atoms. The zero-order chi connectivity index (χ0) is 24.8. The van der Waals surface area contributed by atoms with Gasteiger partial charge in [-0.2, -0.15) is 0 Å². The van der Waals surface area contributed by atoms with Crippen molar-refractivity contribution in [1.29, 1.82) is 0 Å². The molecule has 1 amide bonds. The molecule has 35 heavy (non-hydrogen) atoms. The molecule has 0 bridgehead atoms. The molecule has 1 N–H and O–H groups in total. The number of nitrogens with zero attached hydrogens (tertiary/aromatic N) is 2. The van der Waals surface area contributed by atoms with Gasteiger partial charge in [-0.25, -0.2) is 4.98 Å². The number of fused-ring (bicyclic) bond motifs is 1. The molecular weight excluding hydrogens is 434 g/mol.